The van der Waals surface area contributed by atoms with Crippen molar-refractivity contribution in [2.75, 3.05) is 14.2 Å². The molecule has 1 saturated carbocycles. The number of likely N-dealkylation sites (N-methyl/N-ethyl adjacent to an activating group) is 1. The van der Waals surface area contributed by atoms with Gasteiger partial charge in [-0.15, -0.1) is 0 Å². The smallest absolute Gasteiger partial charge is 0.0765 e. The molecule has 1 aliphatic rings. The van der Waals surface area contributed by atoms with Crippen molar-refractivity contribution in [1.82, 2.24) is 5.32 Å². The van der Waals surface area contributed by atoms with Crippen molar-refractivity contribution < 1.29 is 4.74 Å². The highest BCUT2D eigenvalue weighted by atomic mass is 16.5. The largest absolute Gasteiger partial charge is 0.379 e. The highest BCUT2D eigenvalue weighted by molar-refractivity contribution is 5.29. The second-order valence-corrected chi connectivity index (χ2v) is 5.62. The predicted octanol–water partition coefficient (Wildman–Crippen LogP) is 4.03. The lowest BCUT2D eigenvalue weighted by Gasteiger charge is -2.28. The molecule has 0 radical (unpaired) electrons. The Labute approximate surface area is 117 Å². The number of methoxy groups -OCH3 is 1. The van der Waals surface area contributed by atoms with Crippen LogP contribution in [0.1, 0.15) is 62.1 Å². The Morgan fingerprint density at radius 2 is 1.95 bits per heavy atom. The number of hydrogen-bond donors (Lipinski definition) is 1. The summed E-state index contributed by atoms with van der Waals surface area (Å²) < 4.78 is 5.65. The molecule has 0 heterocycles. The Hall–Kier alpha value is -0.860. The molecular formula is C17H27NO. The van der Waals surface area contributed by atoms with Gasteiger partial charge < -0.3 is 10.1 Å². The lowest BCUT2D eigenvalue weighted by molar-refractivity contribution is 0.0630. The highest BCUT2D eigenvalue weighted by Gasteiger charge is 2.22. The summed E-state index contributed by atoms with van der Waals surface area (Å²) in [7, 11) is 3.83. The Bertz CT molecular complexity index is 369. The van der Waals surface area contributed by atoms with Gasteiger partial charge in [0.1, 0.15) is 0 Å². The van der Waals surface area contributed by atoms with Gasteiger partial charge >= 0.3 is 0 Å². The number of rotatable bonds is 7. The van der Waals surface area contributed by atoms with Crippen LogP contribution in [0.25, 0.3) is 0 Å². The molecule has 0 amide bonds. The van der Waals surface area contributed by atoms with E-state index >= 15 is 0 Å². The average Bonchev–Trinajstić information content (AvgIpc) is 2.38. The second kappa shape index (κ2) is 7.06. The molecule has 106 valence electrons. The quantitative estimate of drug-likeness (QED) is 0.800. The summed E-state index contributed by atoms with van der Waals surface area (Å²) >= 11 is 0. The summed E-state index contributed by atoms with van der Waals surface area (Å²) in [6.45, 7) is 2.21. The van der Waals surface area contributed by atoms with E-state index in [1.54, 1.807) is 0 Å². The third-order valence-corrected chi connectivity index (χ3v) is 4.43. The molecular weight excluding hydrogens is 234 g/mol. The van der Waals surface area contributed by atoms with Crippen LogP contribution in [0, 0.1) is 0 Å². The van der Waals surface area contributed by atoms with E-state index in [9.17, 15) is 0 Å². The van der Waals surface area contributed by atoms with E-state index in [0.29, 0.717) is 6.04 Å². The van der Waals surface area contributed by atoms with E-state index in [1.165, 1.54) is 30.4 Å². The van der Waals surface area contributed by atoms with Crippen LogP contribution in [0.2, 0.25) is 0 Å². The van der Waals surface area contributed by atoms with E-state index in [-0.39, 0.29) is 6.10 Å². The summed E-state index contributed by atoms with van der Waals surface area (Å²) in [6.07, 6.45) is 6.62. The van der Waals surface area contributed by atoms with Crippen LogP contribution in [0.15, 0.2) is 24.3 Å². The van der Waals surface area contributed by atoms with E-state index in [4.69, 9.17) is 4.74 Å². The molecule has 2 rings (SSSR count). The molecule has 2 atom stereocenters. The number of benzene rings is 1. The molecule has 0 spiro atoms. The molecule has 2 heteroatoms. The Morgan fingerprint density at radius 3 is 2.37 bits per heavy atom. The van der Waals surface area contributed by atoms with Crippen molar-refractivity contribution in [3.8, 4) is 0 Å². The van der Waals surface area contributed by atoms with Crippen LogP contribution < -0.4 is 5.32 Å². The number of nitrogens with one attached hydrogen (secondary N) is 1. The van der Waals surface area contributed by atoms with Gasteiger partial charge in [-0.1, -0.05) is 44.0 Å². The van der Waals surface area contributed by atoms with Gasteiger partial charge in [-0.2, -0.15) is 0 Å². The maximum Gasteiger partial charge on any atom is 0.0765 e. The summed E-state index contributed by atoms with van der Waals surface area (Å²) in [4.78, 5) is 0. The van der Waals surface area contributed by atoms with Gasteiger partial charge in [-0.3, -0.25) is 0 Å². The lowest BCUT2D eigenvalue weighted by atomic mass is 9.79. The first-order chi connectivity index (χ1) is 9.30. The van der Waals surface area contributed by atoms with Crippen molar-refractivity contribution in [2.45, 2.75) is 57.1 Å². The predicted molar refractivity (Wildman–Crippen MR) is 80.5 cm³/mol. The van der Waals surface area contributed by atoms with Crippen LogP contribution in [-0.4, -0.2) is 20.3 Å². The molecule has 0 aliphatic heterocycles. The standard InChI is InChI=1S/C17H27NO/c1-4-6-16(19-3)17(18-2)15-11-9-14(10-12-15)13-7-5-8-13/h9-13,16-18H,4-8H2,1-3H3. The summed E-state index contributed by atoms with van der Waals surface area (Å²) in [5, 5.41) is 3.41. The molecule has 2 unspecified atom stereocenters. The monoisotopic (exact) mass is 261 g/mol. The molecule has 1 N–H and O–H groups in total. The zero-order valence-corrected chi connectivity index (χ0v) is 12.5. The summed E-state index contributed by atoms with van der Waals surface area (Å²) in [5.41, 5.74) is 2.85. The molecule has 1 aromatic rings. The molecule has 1 fully saturated rings. The van der Waals surface area contributed by atoms with Crippen LogP contribution in [0.3, 0.4) is 0 Å². The van der Waals surface area contributed by atoms with Crippen molar-refractivity contribution in [1.29, 1.82) is 0 Å². The maximum atomic E-state index is 5.65. The molecule has 1 aromatic carbocycles. The fourth-order valence-corrected chi connectivity index (χ4v) is 2.99. The maximum absolute atomic E-state index is 5.65. The van der Waals surface area contributed by atoms with Gasteiger partial charge in [0, 0.05) is 7.11 Å². The molecule has 19 heavy (non-hydrogen) atoms. The Kier molecular flexibility index (Phi) is 5.41. The van der Waals surface area contributed by atoms with Crippen molar-refractivity contribution in [3.63, 3.8) is 0 Å². The highest BCUT2D eigenvalue weighted by Crippen LogP contribution is 2.36. The SMILES string of the molecule is CCCC(OC)C(NC)c1ccc(C2CCC2)cc1. The molecule has 0 aromatic heterocycles. The van der Waals surface area contributed by atoms with Crippen molar-refractivity contribution >= 4 is 0 Å². The van der Waals surface area contributed by atoms with Crippen molar-refractivity contribution in [3.05, 3.63) is 35.4 Å². The normalized spacial score (nSPS) is 18.9. The fraction of sp³-hybridized carbons (Fsp3) is 0.647. The van der Waals surface area contributed by atoms with Gasteiger partial charge in [0.25, 0.3) is 0 Å². The minimum atomic E-state index is 0.254. The van der Waals surface area contributed by atoms with Crippen LogP contribution in [0.5, 0.6) is 0 Å². The molecule has 2 nitrogen and oxygen atoms in total. The van der Waals surface area contributed by atoms with Gasteiger partial charge in [-0.05, 0) is 43.4 Å². The zero-order valence-electron chi connectivity index (χ0n) is 12.5. The van der Waals surface area contributed by atoms with E-state index in [1.807, 2.05) is 14.2 Å². The first-order valence-corrected chi connectivity index (χ1v) is 7.60. The van der Waals surface area contributed by atoms with Gasteiger partial charge in [0.05, 0.1) is 12.1 Å². The minimum absolute atomic E-state index is 0.254. The van der Waals surface area contributed by atoms with Gasteiger partial charge in [0.2, 0.25) is 0 Å². The lowest BCUT2D eigenvalue weighted by Crippen LogP contribution is -2.31. The van der Waals surface area contributed by atoms with E-state index in [2.05, 4.69) is 36.5 Å². The topological polar surface area (TPSA) is 21.3 Å². The first-order valence-electron chi connectivity index (χ1n) is 7.60. The van der Waals surface area contributed by atoms with Crippen LogP contribution in [0.4, 0.5) is 0 Å². The second-order valence-electron chi connectivity index (χ2n) is 5.62. The first kappa shape index (κ1) is 14.5. The third-order valence-electron chi connectivity index (χ3n) is 4.43. The van der Waals surface area contributed by atoms with Gasteiger partial charge in [0.15, 0.2) is 0 Å². The fourth-order valence-electron chi connectivity index (χ4n) is 2.99. The molecule has 0 saturated heterocycles. The summed E-state index contributed by atoms with van der Waals surface area (Å²) in [6, 6.07) is 9.46. The minimum Gasteiger partial charge on any atom is -0.379 e. The van der Waals surface area contributed by atoms with Crippen LogP contribution in [-0.2, 0) is 4.74 Å². The zero-order chi connectivity index (χ0) is 13.7. The average molecular weight is 261 g/mol. The van der Waals surface area contributed by atoms with E-state index in [0.717, 1.165) is 18.8 Å². The summed E-state index contributed by atoms with van der Waals surface area (Å²) in [5.74, 6) is 0.816. The van der Waals surface area contributed by atoms with Gasteiger partial charge in [-0.25, -0.2) is 0 Å². The Balaban J connectivity index is 2.08. The Morgan fingerprint density at radius 1 is 1.26 bits per heavy atom. The van der Waals surface area contributed by atoms with Crippen LogP contribution >= 0.6 is 0 Å². The number of hydrogen-bond acceptors (Lipinski definition) is 2. The third kappa shape index (κ3) is 3.37. The number of ether oxygens (including phenoxy) is 1. The molecule has 0 bridgehead atoms. The van der Waals surface area contributed by atoms with E-state index < -0.39 is 0 Å². The van der Waals surface area contributed by atoms with Crippen molar-refractivity contribution in [2.24, 2.45) is 0 Å². The molecule has 1 aliphatic carbocycles.